The molecule has 0 aliphatic rings. The summed E-state index contributed by atoms with van der Waals surface area (Å²) in [6.45, 7) is 2.28. The van der Waals surface area contributed by atoms with Crippen LogP contribution in [0.1, 0.15) is 19.2 Å². The molecule has 102 valence electrons. The topological polar surface area (TPSA) is 59.2 Å². The fourth-order valence-electron chi connectivity index (χ4n) is 1.53. The lowest BCUT2D eigenvalue weighted by Gasteiger charge is -2.06. The number of benzene rings is 1. The Labute approximate surface area is 124 Å². The highest BCUT2D eigenvalue weighted by atomic mass is 79.9. The largest absolute Gasteiger partial charge is 0.420 e. The molecule has 0 aliphatic heterocycles. The van der Waals surface area contributed by atoms with E-state index >= 15 is 0 Å². The van der Waals surface area contributed by atoms with E-state index in [4.69, 9.17) is 9.52 Å². The van der Waals surface area contributed by atoms with E-state index in [0.717, 1.165) is 16.5 Å². The van der Waals surface area contributed by atoms with Crippen LogP contribution in [0.15, 0.2) is 33.2 Å². The van der Waals surface area contributed by atoms with Gasteiger partial charge < -0.3 is 9.52 Å². The Bertz CT molecular complexity index is 533. The summed E-state index contributed by atoms with van der Waals surface area (Å²) in [5, 5.41) is 17.3. The van der Waals surface area contributed by atoms with Crippen molar-refractivity contribution in [3.63, 3.8) is 0 Å². The SMILES string of the molecule is CC(CCO)SCc1nnc(-c2ccccc2Br)o1. The fourth-order valence-corrected chi connectivity index (χ4v) is 2.80. The fraction of sp³-hybridized carbons (Fsp3) is 0.385. The molecule has 2 rings (SSSR count). The molecule has 1 aromatic carbocycles. The molecule has 0 bridgehead atoms. The molecular weight excluding hydrogens is 328 g/mol. The first kappa shape index (κ1) is 14.6. The molecule has 0 radical (unpaired) electrons. The van der Waals surface area contributed by atoms with Crippen molar-refractivity contribution in [3.05, 3.63) is 34.6 Å². The van der Waals surface area contributed by atoms with Gasteiger partial charge in [0.15, 0.2) is 0 Å². The first-order chi connectivity index (χ1) is 9.20. The summed E-state index contributed by atoms with van der Waals surface area (Å²) in [5.41, 5.74) is 0.898. The van der Waals surface area contributed by atoms with Crippen LogP contribution < -0.4 is 0 Å². The zero-order chi connectivity index (χ0) is 13.7. The first-order valence-corrected chi connectivity index (χ1v) is 7.84. The van der Waals surface area contributed by atoms with Gasteiger partial charge in [-0.1, -0.05) is 19.1 Å². The van der Waals surface area contributed by atoms with Gasteiger partial charge in [-0.2, -0.15) is 0 Å². The number of hydrogen-bond donors (Lipinski definition) is 1. The third kappa shape index (κ3) is 4.06. The van der Waals surface area contributed by atoms with Gasteiger partial charge in [0.05, 0.1) is 11.3 Å². The number of nitrogens with zero attached hydrogens (tertiary/aromatic N) is 2. The number of hydrogen-bond acceptors (Lipinski definition) is 5. The van der Waals surface area contributed by atoms with Crippen molar-refractivity contribution in [2.24, 2.45) is 0 Å². The Morgan fingerprint density at radius 3 is 2.89 bits per heavy atom. The Morgan fingerprint density at radius 1 is 1.37 bits per heavy atom. The van der Waals surface area contributed by atoms with Gasteiger partial charge in [0.2, 0.25) is 11.8 Å². The van der Waals surface area contributed by atoms with Gasteiger partial charge in [-0.3, -0.25) is 0 Å². The van der Waals surface area contributed by atoms with E-state index < -0.39 is 0 Å². The maximum Gasteiger partial charge on any atom is 0.248 e. The van der Waals surface area contributed by atoms with E-state index in [-0.39, 0.29) is 6.61 Å². The standard InChI is InChI=1S/C13H15BrN2O2S/c1-9(6-7-17)19-8-12-15-16-13(18-12)10-4-2-3-5-11(10)14/h2-5,9,17H,6-8H2,1H3. The molecule has 0 saturated heterocycles. The predicted octanol–water partition coefficient (Wildman–Crippen LogP) is 3.50. The molecular formula is C13H15BrN2O2S. The van der Waals surface area contributed by atoms with Crippen molar-refractivity contribution >= 4 is 27.7 Å². The van der Waals surface area contributed by atoms with Crippen LogP contribution in [0.4, 0.5) is 0 Å². The van der Waals surface area contributed by atoms with Crippen LogP contribution in [0, 0.1) is 0 Å². The van der Waals surface area contributed by atoms with Gasteiger partial charge in [0.1, 0.15) is 0 Å². The summed E-state index contributed by atoms with van der Waals surface area (Å²) < 4.78 is 6.58. The van der Waals surface area contributed by atoms with Crippen molar-refractivity contribution in [2.45, 2.75) is 24.3 Å². The van der Waals surface area contributed by atoms with Crippen molar-refractivity contribution < 1.29 is 9.52 Å². The van der Waals surface area contributed by atoms with Crippen LogP contribution in [-0.4, -0.2) is 27.2 Å². The summed E-state index contributed by atoms with van der Waals surface area (Å²) in [7, 11) is 0. The van der Waals surface area contributed by atoms with Crippen LogP contribution in [0.5, 0.6) is 0 Å². The van der Waals surface area contributed by atoms with Crippen molar-refractivity contribution in [1.29, 1.82) is 0 Å². The minimum absolute atomic E-state index is 0.209. The van der Waals surface area contributed by atoms with Crippen molar-refractivity contribution in [2.75, 3.05) is 6.61 Å². The first-order valence-electron chi connectivity index (χ1n) is 6.00. The van der Waals surface area contributed by atoms with Gasteiger partial charge in [0, 0.05) is 16.3 Å². The Hall–Kier alpha value is -0.850. The van der Waals surface area contributed by atoms with Crippen LogP contribution in [0.3, 0.4) is 0 Å². The highest BCUT2D eigenvalue weighted by molar-refractivity contribution is 9.10. The van der Waals surface area contributed by atoms with Crippen LogP contribution in [-0.2, 0) is 5.75 Å². The zero-order valence-electron chi connectivity index (χ0n) is 10.5. The van der Waals surface area contributed by atoms with E-state index in [1.54, 1.807) is 11.8 Å². The zero-order valence-corrected chi connectivity index (χ0v) is 12.9. The minimum Gasteiger partial charge on any atom is -0.420 e. The number of thioether (sulfide) groups is 1. The Kier molecular flexibility index (Phi) is 5.42. The molecule has 19 heavy (non-hydrogen) atoms. The molecule has 1 atom stereocenters. The van der Waals surface area contributed by atoms with Gasteiger partial charge in [-0.15, -0.1) is 22.0 Å². The molecule has 0 aliphatic carbocycles. The molecule has 4 nitrogen and oxygen atoms in total. The van der Waals surface area contributed by atoms with Crippen LogP contribution in [0.25, 0.3) is 11.5 Å². The van der Waals surface area contributed by atoms with Crippen LogP contribution in [0.2, 0.25) is 0 Å². The summed E-state index contributed by atoms with van der Waals surface area (Å²) >= 11 is 5.16. The van der Waals surface area contributed by atoms with E-state index in [1.807, 2.05) is 24.3 Å². The molecule has 1 heterocycles. The molecule has 1 N–H and O–H groups in total. The highest BCUT2D eigenvalue weighted by Gasteiger charge is 2.12. The lowest BCUT2D eigenvalue weighted by atomic mass is 10.2. The molecule has 0 amide bonds. The summed E-state index contributed by atoms with van der Waals surface area (Å²) in [6, 6.07) is 7.75. The van der Waals surface area contributed by atoms with Gasteiger partial charge >= 0.3 is 0 Å². The van der Waals surface area contributed by atoms with Crippen molar-refractivity contribution in [1.82, 2.24) is 10.2 Å². The second-order valence-electron chi connectivity index (χ2n) is 4.11. The second-order valence-corrected chi connectivity index (χ2v) is 6.40. The third-order valence-corrected chi connectivity index (χ3v) is 4.51. The molecule has 2 aromatic rings. The molecule has 0 saturated carbocycles. The number of aliphatic hydroxyl groups is 1. The van der Waals surface area contributed by atoms with Crippen molar-refractivity contribution in [3.8, 4) is 11.5 Å². The lowest BCUT2D eigenvalue weighted by molar-refractivity contribution is 0.289. The monoisotopic (exact) mass is 342 g/mol. The minimum atomic E-state index is 0.209. The molecule has 0 spiro atoms. The average molecular weight is 343 g/mol. The molecule has 1 unspecified atom stereocenters. The number of rotatable bonds is 6. The molecule has 6 heteroatoms. The van der Waals surface area contributed by atoms with Gasteiger partial charge in [-0.25, -0.2) is 0 Å². The highest BCUT2D eigenvalue weighted by Crippen LogP contribution is 2.28. The quantitative estimate of drug-likeness (QED) is 0.870. The Morgan fingerprint density at radius 2 is 2.16 bits per heavy atom. The maximum atomic E-state index is 8.85. The molecule has 1 aromatic heterocycles. The Balaban J connectivity index is 2.02. The maximum absolute atomic E-state index is 8.85. The third-order valence-electron chi connectivity index (χ3n) is 2.60. The second kappa shape index (κ2) is 7.07. The number of aromatic nitrogens is 2. The normalized spacial score (nSPS) is 12.6. The van der Waals surface area contributed by atoms with Crippen LogP contribution >= 0.6 is 27.7 Å². The van der Waals surface area contributed by atoms with E-state index in [2.05, 4.69) is 33.1 Å². The van der Waals surface area contributed by atoms with Gasteiger partial charge in [0.25, 0.3) is 0 Å². The summed E-state index contributed by atoms with van der Waals surface area (Å²) in [5.74, 6) is 1.80. The lowest BCUT2D eigenvalue weighted by Crippen LogP contribution is -1.99. The van der Waals surface area contributed by atoms with E-state index in [0.29, 0.717) is 22.8 Å². The smallest absolute Gasteiger partial charge is 0.248 e. The van der Waals surface area contributed by atoms with Gasteiger partial charge in [-0.05, 0) is 34.5 Å². The predicted molar refractivity (Wildman–Crippen MR) is 79.9 cm³/mol. The summed E-state index contributed by atoms with van der Waals surface area (Å²) in [4.78, 5) is 0. The van der Waals surface area contributed by atoms with E-state index in [1.165, 1.54) is 0 Å². The van der Waals surface area contributed by atoms with E-state index in [9.17, 15) is 0 Å². The molecule has 0 fully saturated rings. The number of aliphatic hydroxyl groups excluding tert-OH is 1. The average Bonchev–Trinajstić information content (AvgIpc) is 2.86. The number of halogens is 1. The summed E-state index contributed by atoms with van der Waals surface area (Å²) in [6.07, 6.45) is 0.774.